The van der Waals surface area contributed by atoms with E-state index < -0.39 is 0 Å². The van der Waals surface area contributed by atoms with E-state index in [4.69, 9.17) is 4.42 Å². The van der Waals surface area contributed by atoms with Crippen molar-refractivity contribution in [1.29, 1.82) is 0 Å². The van der Waals surface area contributed by atoms with Crippen LogP contribution in [0.15, 0.2) is 46.2 Å². The number of carbonyl (C=O) groups excluding carboxylic acids is 1. The molecule has 26 heavy (non-hydrogen) atoms. The predicted octanol–water partition coefficient (Wildman–Crippen LogP) is 4.41. The summed E-state index contributed by atoms with van der Waals surface area (Å²) in [6.07, 6.45) is 5.02. The van der Waals surface area contributed by atoms with E-state index in [1.165, 1.54) is 29.3 Å². The minimum Gasteiger partial charge on any atom is -0.461 e. The van der Waals surface area contributed by atoms with Gasteiger partial charge < -0.3 is 4.42 Å². The van der Waals surface area contributed by atoms with Gasteiger partial charge in [0.15, 0.2) is 22.5 Å². The average Bonchev–Trinajstić information content (AvgIpc) is 3.39. The zero-order valence-corrected chi connectivity index (χ0v) is 15.8. The van der Waals surface area contributed by atoms with Gasteiger partial charge >= 0.3 is 0 Å². The molecule has 134 valence electrons. The topological polar surface area (TPSA) is 60.9 Å². The number of hydrogen-bond acceptors (Lipinski definition) is 5. The van der Waals surface area contributed by atoms with Crippen LogP contribution >= 0.6 is 11.8 Å². The Bertz CT molecular complexity index is 931. The van der Waals surface area contributed by atoms with Crippen LogP contribution in [0.3, 0.4) is 0 Å². The first kappa shape index (κ1) is 17.1. The molecule has 1 aliphatic rings. The van der Waals surface area contributed by atoms with Crippen molar-refractivity contribution in [3.05, 3.63) is 53.3 Å². The Kier molecular flexibility index (Phi) is 4.68. The van der Waals surface area contributed by atoms with Crippen LogP contribution in [0.25, 0.3) is 11.6 Å². The Morgan fingerprint density at radius 3 is 2.88 bits per heavy atom. The van der Waals surface area contributed by atoms with Crippen LogP contribution in [-0.4, -0.2) is 25.8 Å². The minimum atomic E-state index is -0.228. The van der Waals surface area contributed by atoms with E-state index >= 15 is 0 Å². The molecule has 1 aliphatic carbocycles. The summed E-state index contributed by atoms with van der Waals surface area (Å²) in [5, 5.41) is 9.04. The van der Waals surface area contributed by atoms with Gasteiger partial charge in [0.05, 0.1) is 11.5 Å². The quantitative estimate of drug-likeness (QED) is 0.477. The molecule has 0 spiro atoms. The number of ketones is 1. The molecule has 5 nitrogen and oxygen atoms in total. The van der Waals surface area contributed by atoms with Crippen molar-refractivity contribution in [2.45, 2.75) is 50.1 Å². The summed E-state index contributed by atoms with van der Waals surface area (Å²) in [5.74, 6) is 1.51. The zero-order chi connectivity index (χ0) is 18.1. The Morgan fingerprint density at radius 1 is 1.27 bits per heavy atom. The number of benzene rings is 1. The molecule has 4 rings (SSSR count). The first-order valence-electron chi connectivity index (χ1n) is 8.97. The molecule has 0 radical (unpaired) electrons. The third kappa shape index (κ3) is 3.09. The molecular weight excluding hydrogens is 346 g/mol. The van der Waals surface area contributed by atoms with Crippen LogP contribution in [0.4, 0.5) is 0 Å². The monoisotopic (exact) mass is 367 g/mol. The minimum absolute atomic E-state index is 0.134. The molecule has 6 heteroatoms. The Morgan fingerprint density at radius 2 is 2.12 bits per heavy atom. The SMILES string of the molecule is CCn1c(SC(C)C(=O)c2ccc3c(c2)CCC3)nnc1-c1ccco1. The summed E-state index contributed by atoms with van der Waals surface area (Å²) >= 11 is 1.45. The van der Waals surface area contributed by atoms with Gasteiger partial charge in [0.1, 0.15) is 0 Å². The highest BCUT2D eigenvalue weighted by Gasteiger charge is 2.23. The molecule has 0 saturated heterocycles. The summed E-state index contributed by atoms with van der Waals surface area (Å²) in [7, 11) is 0. The Balaban J connectivity index is 1.54. The second kappa shape index (κ2) is 7.11. The standard InChI is InChI=1S/C20H21N3O2S/c1-3-23-19(17-8-5-11-25-17)21-22-20(23)26-13(2)18(24)16-10-9-14-6-4-7-15(14)12-16/h5,8-13H,3-4,6-7H2,1-2H3. The molecule has 2 aromatic heterocycles. The van der Waals surface area contributed by atoms with Crippen molar-refractivity contribution < 1.29 is 9.21 Å². The van der Waals surface area contributed by atoms with Crippen molar-refractivity contribution in [1.82, 2.24) is 14.8 Å². The van der Waals surface area contributed by atoms with Crippen LogP contribution in [0.2, 0.25) is 0 Å². The first-order chi connectivity index (χ1) is 12.7. The number of fused-ring (bicyclic) bond motifs is 1. The van der Waals surface area contributed by atoms with Gasteiger partial charge in [-0.3, -0.25) is 9.36 Å². The maximum absolute atomic E-state index is 12.9. The van der Waals surface area contributed by atoms with Gasteiger partial charge in [0, 0.05) is 12.1 Å². The van der Waals surface area contributed by atoms with E-state index in [0.29, 0.717) is 18.1 Å². The maximum Gasteiger partial charge on any atom is 0.200 e. The third-order valence-electron chi connectivity index (χ3n) is 4.81. The van der Waals surface area contributed by atoms with Gasteiger partial charge in [-0.15, -0.1) is 10.2 Å². The maximum atomic E-state index is 12.9. The normalized spacial score (nSPS) is 14.4. The van der Waals surface area contributed by atoms with Gasteiger partial charge in [-0.1, -0.05) is 23.9 Å². The highest BCUT2D eigenvalue weighted by atomic mass is 32.2. The molecule has 0 aliphatic heterocycles. The summed E-state index contributed by atoms with van der Waals surface area (Å²) in [6, 6.07) is 9.83. The van der Waals surface area contributed by atoms with Crippen molar-refractivity contribution in [3.8, 4) is 11.6 Å². The lowest BCUT2D eigenvalue weighted by molar-refractivity contribution is 0.0993. The van der Waals surface area contributed by atoms with Gasteiger partial charge in [0.2, 0.25) is 0 Å². The lowest BCUT2D eigenvalue weighted by Gasteiger charge is -2.12. The average molecular weight is 367 g/mol. The molecule has 1 unspecified atom stereocenters. The van der Waals surface area contributed by atoms with Gasteiger partial charge in [-0.25, -0.2) is 0 Å². The lowest BCUT2D eigenvalue weighted by atomic mass is 10.0. The fourth-order valence-electron chi connectivity index (χ4n) is 3.42. The van der Waals surface area contributed by atoms with Crippen LogP contribution in [0.5, 0.6) is 0 Å². The fraction of sp³-hybridized carbons (Fsp3) is 0.350. The van der Waals surface area contributed by atoms with Crippen molar-refractivity contribution in [2.24, 2.45) is 0 Å². The van der Waals surface area contributed by atoms with Crippen LogP contribution in [-0.2, 0) is 19.4 Å². The molecular formula is C20H21N3O2S. The Labute approximate surface area is 156 Å². The summed E-state index contributed by atoms with van der Waals surface area (Å²) in [5.41, 5.74) is 3.50. The van der Waals surface area contributed by atoms with E-state index in [0.717, 1.165) is 23.6 Å². The number of nitrogens with zero attached hydrogens (tertiary/aromatic N) is 3. The molecule has 0 saturated carbocycles. The predicted molar refractivity (Wildman–Crippen MR) is 102 cm³/mol. The molecule has 1 aromatic carbocycles. The number of thioether (sulfide) groups is 1. The Hall–Kier alpha value is -2.34. The van der Waals surface area contributed by atoms with Crippen molar-refractivity contribution in [3.63, 3.8) is 0 Å². The molecule has 1 atom stereocenters. The molecule has 0 amide bonds. The summed E-state index contributed by atoms with van der Waals surface area (Å²) < 4.78 is 7.42. The molecule has 2 heterocycles. The van der Waals surface area contributed by atoms with Gasteiger partial charge in [-0.2, -0.15) is 0 Å². The van der Waals surface area contributed by atoms with E-state index in [9.17, 15) is 4.79 Å². The van der Waals surface area contributed by atoms with E-state index in [1.807, 2.05) is 36.6 Å². The number of furan rings is 1. The van der Waals surface area contributed by atoms with E-state index in [2.05, 4.69) is 22.3 Å². The fourth-order valence-corrected chi connectivity index (χ4v) is 4.41. The number of carbonyl (C=O) groups is 1. The lowest BCUT2D eigenvalue weighted by Crippen LogP contribution is -2.15. The third-order valence-corrected chi connectivity index (χ3v) is 5.89. The highest BCUT2D eigenvalue weighted by Crippen LogP contribution is 2.30. The van der Waals surface area contributed by atoms with Crippen LogP contribution in [0.1, 0.15) is 41.8 Å². The molecule has 0 fully saturated rings. The van der Waals surface area contributed by atoms with Crippen LogP contribution in [0, 0.1) is 0 Å². The molecule has 0 N–H and O–H groups in total. The number of hydrogen-bond donors (Lipinski definition) is 0. The molecule has 0 bridgehead atoms. The largest absolute Gasteiger partial charge is 0.461 e. The summed E-state index contributed by atoms with van der Waals surface area (Å²) in [6.45, 7) is 4.68. The number of aromatic nitrogens is 3. The first-order valence-corrected chi connectivity index (χ1v) is 9.85. The second-order valence-electron chi connectivity index (χ2n) is 6.49. The highest BCUT2D eigenvalue weighted by molar-refractivity contribution is 8.00. The second-order valence-corrected chi connectivity index (χ2v) is 7.80. The number of rotatable bonds is 6. The van der Waals surface area contributed by atoms with Crippen molar-refractivity contribution in [2.75, 3.05) is 0 Å². The zero-order valence-electron chi connectivity index (χ0n) is 14.9. The van der Waals surface area contributed by atoms with Crippen molar-refractivity contribution >= 4 is 17.5 Å². The van der Waals surface area contributed by atoms with Crippen LogP contribution < -0.4 is 0 Å². The van der Waals surface area contributed by atoms with E-state index in [-0.39, 0.29) is 11.0 Å². The van der Waals surface area contributed by atoms with Gasteiger partial charge in [-0.05, 0) is 62.4 Å². The number of Topliss-reactive ketones (excluding diaryl/α,β-unsaturated/α-hetero) is 1. The molecule has 3 aromatic rings. The van der Waals surface area contributed by atoms with Gasteiger partial charge in [0.25, 0.3) is 0 Å². The smallest absolute Gasteiger partial charge is 0.200 e. The number of aryl methyl sites for hydroxylation is 2. The summed E-state index contributed by atoms with van der Waals surface area (Å²) in [4.78, 5) is 12.9. The van der Waals surface area contributed by atoms with E-state index in [1.54, 1.807) is 6.26 Å².